The van der Waals surface area contributed by atoms with Crippen LogP contribution in [-0.2, 0) is 0 Å². The van der Waals surface area contributed by atoms with Crippen LogP contribution in [0.25, 0.3) is 0 Å². The quantitative estimate of drug-likeness (QED) is 0.910. The Balaban J connectivity index is 2.19. The van der Waals surface area contributed by atoms with Crippen LogP contribution < -0.4 is 4.90 Å². The third-order valence-corrected chi connectivity index (χ3v) is 4.07. The van der Waals surface area contributed by atoms with Crippen molar-refractivity contribution in [3.63, 3.8) is 0 Å². The van der Waals surface area contributed by atoms with Crippen molar-refractivity contribution in [1.82, 2.24) is 4.98 Å². The molecule has 0 bridgehead atoms. The molecule has 0 aromatic carbocycles. The average Bonchev–Trinajstić information content (AvgIpc) is 2.38. The van der Waals surface area contributed by atoms with Gasteiger partial charge in [-0.2, -0.15) is 0 Å². The van der Waals surface area contributed by atoms with Crippen molar-refractivity contribution in [2.24, 2.45) is 11.8 Å². The highest BCUT2D eigenvalue weighted by Crippen LogP contribution is 2.29. The molecule has 0 radical (unpaired) electrons. The van der Waals surface area contributed by atoms with Crippen molar-refractivity contribution in [3.8, 4) is 0 Å². The maximum atomic E-state index is 11.3. The predicted octanol–water partition coefficient (Wildman–Crippen LogP) is 2.96. The Kier molecular flexibility index (Phi) is 4.08. The van der Waals surface area contributed by atoms with Crippen LogP contribution in [0, 0.1) is 18.8 Å². The monoisotopic (exact) mass is 262 g/mol. The maximum absolute atomic E-state index is 11.3. The van der Waals surface area contributed by atoms with Crippen molar-refractivity contribution in [2.45, 2.75) is 33.6 Å². The van der Waals surface area contributed by atoms with Crippen LogP contribution in [-0.4, -0.2) is 29.1 Å². The number of nitrogens with zero attached hydrogens (tertiary/aromatic N) is 2. The van der Waals surface area contributed by atoms with Crippen molar-refractivity contribution in [2.75, 3.05) is 18.0 Å². The molecule has 0 amide bonds. The lowest BCUT2D eigenvalue weighted by Crippen LogP contribution is -2.36. The van der Waals surface area contributed by atoms with E-state index in [1.807, 2.05) is 13.0 Å². The maximum Gasteiger partial charge on any atom is 0.339 e. The zero-order valence-corrected chi connectivity index (χ0v) is 11.9. The highest BCUT2D eigenvalue weighted by molar-refractivity contribution is 5.94. The van der Waals surface area contributed by atoms with E-state index >= 15 is 0 Å². The fourth-order valence-corrected chi connectivity index (χ4v) is 2.78. The van der Waals surface area contributed by atoms with Crippen molar-refractivity contribution >= 4 is 11.7 Å². The van der Waals surface area contributed by atoms with Gasteiger partial charge in [0.25, 0.3) is 0 Å². The summed E-state index contributed by atoms with van der Waals surface area (Å²) in [6.07, 6.45) is 3.75. The minimum Gasteiger partial charge on any atom is -0.478 e. The second-order valence-corrected chi connectivity index (χ2v) is 5.72. The second-order valence-electron chi connectivity index (χ2n) is 5.72. The summed E-state index contributed by atoms with van der Waals surface area (Å²) < 4.78 is 0. The number of piperidine rings is 1. The molecule has 1 aliphatic rings. The molecule has 2 heterocycles. The van der Waals surface area contributed by atoms with E-state index in [4.69, 9.17) is 0 Å². The number of hydrogen-bond donors (Lipinski definition) is 1. The predicted molar refractivity (Wildman–Crippen MR) is 75.7 cm³/mol. The summed E-state index contributed by atoms with van der Waals surface area (Å²) in [6.45, 7) is 8.30. The Morgan fingerprint density at radius 3 is 2.58 bits per heavy atom. The van der Waals surface area contributed by atoms with Gasteiger partial charge >= 0.3 is 5.97 Å². The summed E-state index contributed by atoms with van der Waals surface area (Å²) in [4.78, 5) is 17.6. The number of anilines is 1. The zero-order chi connectivity index (χ0) is 14.0. The molecule has 0 aliphatic carbocycles. The number of aromatic nitrogens is 1. The van der Waals surface area contributed by atoms with Crippen LogP contribution in [0.2, 0.25) is 0 Å². The smallest absolute Gasteiger partial charge is 0.339 e. The lowest BCUT2D eigenvalue weighted by Gasteiger charge is -2.36. The first-order valence-electron chi connectivity index (χ1n) is 6.94. The summed E-state index contributed by atoms with van der Waals surface area (Å²) in [7, 11) is 0. The minimum absolute atomic E-state index is 0.314. The number of hydrogen-bond acceptors (Lipinski definition) is 3. The van der Waals surface area contributed by atoms with Crippen LogP contribution >= 0.6 is 0 Å². The van der Waals surface area contributed by atoms with Gasteiger partial charge in [0.1, 0.15) is 5.56 Å². The van der Waals surface area contributed by atoms with Crippen LogP contribution in [0.3, 0.4) is 0 Å². The highest BCUT2D eigenvalue weighted by Gasteiger charge is 2.24. The molecule has 1 aliphatic heterocycles. The molecule has 0 spiro atoms. The number of carboxylic acids is 1. The standard InChI is InChI=1S/C15H22N2O2/c1-10(2)12-4-6-17(7-5-12)14-8-11(3)16-9-13(14)15(18)19/h8-10,12H,4-7H2,1-3H3,(H,18,19). The third kappa shape index (κ3) is 3.06. The summed E-state index contributed by atoms with van der Waals surface area (Å²) >= 11 is 0. The molecule has 1 aromatic rings. The number of carbonyl (C=O) groups is 1. The first kappa shape index (κ1) is 13.8. The number of pyridine rings is 1. The summed E-state index contributed by atoms with van der Waals surface area (Å²) in [5, 5.41) is 9.26. The topological polar surface area (TPSA) is 53.4 Å². The van der Waals surface area contributed by atoms with Gasteiger partial charge in [0.15, 0.2) is 0 Å². The first-order chi connectivity index (χ1) is 8.99. The van der Waals surface area contributed by atoms with E-state index < -0.39 is 5.97 Å². The fourth-order valence-electron chi connectivity index (χ4n) is 2.78. The molecular weight excluding hydrogens is 240 g/mol. The van der Waals surface area contributed by atoms with E-state index in [1.54, 1.807) is 0 Å². The van der Waals surface area contributed by atoms with E-state index in [-0.39, 0.29) is 0 Å². The zero-order valence-electron chi connectivity index (χ0n) is 11.9. The van der Waals surface area contributed by atoms with Gasteiger partial charge in [0, 0.05) is 25.0 Å². The largest absolute Gasteiger partial charge is 0.478 e. The molecule has 4 heteroatoms. The van der Waals surface area contributed by atoms with E-state index in [9.17, 15) is 9.90 Å². The van der Waals surface area contributed by atoms with Gasteiger partial charge < -0.3 is 10.0 Å². The van der Waals surface area contributed by atoms with Crippen molar-refractivity contribution < 1.29 is 9.90 Å². The van der Waals surface area contributed by atoms with Crippen LogP contribution in [0.1, 0.15) is 42.7 Å². The lowest BCUT2D eigenvalue weighted by molar-refractivity contribution is 0.0697. The molecule has 1 fully saturated rings. The lowest BCUT2D eigenvalue weighted by atomic mass is 9.86. The van der Waals surface area contributed by atoms with Crippen molar-refractivity contribution in [1.29, 1.82) is 0 Å². The van der Waals surface area contributed by atoms with Gasteiger partial charge in [-0.05, 0) is 37.7 Å². The van der Waals surface area contributed by atoms with Gasteiger partial charge in [-0.3, -0.25) is 4.98 Å². The number of aromatic carboxylic acids is 1. The van der Waals surface area contributed by atoms with Crippen LogP contribution in [0.5, 0.6) is 0 Å². The fraction of sp³-hybridized carbons (Fsp3) is 0.600. The molecule has 4 nitrogen and oxygen atoms in total. The summed E-state index contributed by atoms with van der Waals surface area (Å²) in [5.74, 6) is 0.571. The molecule has 1 N–H and O–H groups in total. The Labute approximate surface area is 114 Å². The first-order valence-corrected chi connectivity index (χ1v) is 6.94. The SMILES string of the molecule is Cc1cc(N2CCC(C(C)C)CC2)c(C(=O)O)cn1. The Bertz CT molecular complexity index is 463. The molecule has 19 heavy (non-hydrogen) atoms. The summed E-state index contributed by atoms with van der Waals surface area (Å²) in [5.41, 5.74) is 2.00. The molecule has 2 rings (SSSR count). The molecule has 1 aromatic heterocycles. The van der Waals surface area contributed by atoms with E-state index in [1.165, 1.54) is 6.20 Å². The van der Waals surface area contributed by atoms with Gasteiger partial charge in [-0.25, -0.2) is 4.79 Å². The second kappa shape index (κ2) is 5.59. The molecule has 0 unspecified atom stereocenters. The van der Waals surface area contributed by atoms with Gasteiger partial charge in [0.05, 0.1) is 5.69 Å². The molecule has 0 saturated carbocycles. The van der Waals surface area contributed by atoms with Gasteiger partial charge in [-0.1, -0.05) is 13.8 Å². The van der Waals surface area contributed by atoms with Crippen LogP contribution in [0.4, 0.5) is 5.69 Å². The Morgan fingerprint density at radius 1 is 1.42 bits per heavy atom. The normalized spacial score (nSPS) is 16.9. The van der Waals surface area contributed by atoms with Gasteiger partial charge in [-0.15, -0.1) is 0 Å². The van der Waals surface area contributed by atoms with E-state index in [0.29, 0.717) is 11.5 Å². The number of rotatable bonds is 3. The van der Waals surface area contributed by atoms with Gasteiger partial charge in [0.2, 0.25) is 0 Å². The Morgan fingerprint density at radius 2 is 2.05 bits per heavy atom. The Hall–Kier alpha value is -1.58. The summed E-state index contributed by atoms with van der Waals surface area (Å²) in [6, 6.07) is 1.89. The molecule has 1 saturated heterocycles. The number of aryl methyl sites for hydroxylation is 1. The highest BCUT2D eigenvalue weighted by atomic mass is 16.4. The van der Waals surface area contributed by atoms with E-state index in [0.717, 1.165) is 43.2 Å². The van der Waals surface area contributed by atoms with Crippen LogP contribution in [0.15, 0.2) is 12.3 Å². The molecule has 104 valence electrons. The molecule has 0 atom stereocenters. The number of carboxylic acid groups (broad SMARTS) is 1. The minimum atomic E-state index is -0.895. The van der Waals surface area contributed by atoms with E-state index in [2.05, 4.69) is 23.7 Å². The third-order valence-electron chi connectivity index (χ3n) is 4.07. The molecular formula is C15H22N2O2. The van der Waals surface area contributed by atoms with Crippen molar-refractivity contribution in [3.05, 3.63) is 23.5 Å². The average molecular weight is 262 g/mol.